The Bertz CT molecular complexity index is 5530. The molecule has 0 saturated carbocycles. The number of hydrogen-bond donors (Lipinski definition) is 1. The number of phenols is 1. The summed E-state index contributed by atoms with van der Waals surface area (Å²) < 4.78 is 28.7. The molecule has 18 rings (SSSR count). The highest BCUT2D eigenvalue weighted by molar-refractivity contribution is 6.17. The van der Waals surface area contributed by atoms with Gasteiger partial charge in [-0.1, -0.05) is 84.9 Å². The monoisotopic (exact) mass is 1490 g/mol. The summed E-state index contributed by atoms with van der Waals surface area (Å²) >= 11 is 5.90. The zero-order valence-electron chi connectivity index (χ0n) is 60.7. The number of para-hydroxylation sites is 4. The molecule has 8 heterocycles. The number of hydrogen-bond acceptors (Lipinski definition) is 16. The number of amides is 4. The van der Waals surface area contributed by atoms with Gasteiger partial charge in [-0.3, -0.25) is 59.2 Å². The van der Waals surface area contributed by atoms with Crippen molar-refractivity contribution >= 4 is 93.2 Å². The number of aliphatic imine (C=N–C) groups is 2. The molecule has 1 N–H and O–H groups in total. The number of non-ortho nitro benzene ring substituents is 2. The zero-order chi connectivity index (χ0) is 76.2. The predicted octanol–water partition coefficient (Wildman–Crippen LogP) is 16.2. The van der Waals surface area contributed by atoms with Gasteiger partial charge in [0.1, 0.15) is 13.2 Å². The number of rotatable bonds is 15. The molecular formula is C87H75ClN8O14. The van der Waals surface area contributed by atoms with Crippen LogP contribution in [0.1, 0.15) is 121 Å². The van der Waals surface area contributed by atoms with Gasteiger partial charge in [-0.15, -0.1) is 11.6 Å². The number of nitrogens with zero attached hydrogens (tertiary/aromatic N) is 8. The normalized spacial score (nSPS) is 17.5. The number of phenolic OH excluding ortho intramolecular Hbond substituents is 1. The first-order valence-electron chi connectivity index (χ1n) is 36.5. The Hall–Kier alpha value is -12.7. The van der Waals surface area contributed by atoms with Gasteiger partial charge in [0.2, 0.25) is 0 Å². The third-order valence-corrected chi connectivity index (χ3v) is 22.2. The van der Waals surface area contributed by atoms with Crippen LogP contribution >= 0.6 is 11.6 Å². The van der Waals surface area contributed by atoms with E-state index in [4.69, 9.17) is 40.3 Å². The number of fused-ring (bicyclic) bond motifs is 16. The Balaban J connectivity index is 0.000000139. The fourth-order valence-corrected chi connectivity index (χ4v) is 16.7. The maximum Gasteiger partial charge on any atom is 0.270 e. The average Bonchev–Trinajstić information content (AvgIpc) is 1.63. The number of nitro benzene ring substituents is 2. The van der Waals surface area contributed by atoms with E-state index >= 15 is 0 Å². The van der Waals surface area contributed by atoms with E-state index in [0.717, 1.165) is 107 Å². The molecule has 22 nitrogen and oxygen atoms in total. The number of alkyl halides is 1. The van der Waals surface area contributed by atoms with E-state index in [1.54, 1.807) is 48.6 Å². The predicted molar refractivity (Wildman–Crippen MR) is 420 cm³/mol. The minimum Gasteiger partial charge on any atom is -0.504 e. The van der Waals surface area contributed by atoms with Crippen LogP contribution in [0.15, 0.2) is 192 Å². The first kappa shape index (κ1) is 71.6. The molecule has 0 saturated heterocycles. The molecule has 554 valence electrons. The molecule has 0 fully saturated rings. The fraction of sp³-hybridized carbons (Fsp3) is 0.241. The van der Waals surface area contributed by atoms with Crippen LogP contribution in [0.25, 0.3) is 0 Å². The van der Waals surface area contributed by atoms with Crippen molar-refractivity contribution in [1.29, 1.82) is 0 Å². The molecule has 10 aromatic rings. The standard InChI is InChI=1S/C44H38N4O6.C26H23ClN2O5.C17H14N2O3/c1-26-15-37-38(45-24-35-20-32-8-4-6-10-40(32)47(35)44(37)50)21-29(26)12-11-27-16-28(18-34(17-27)48(51)52)25-54-42-22-30-13-14-33-19-31-7-3-5-9-39(31)46(33)43(49)36(30)23-41(42)53-2;1-33-24-13-22-18(6-7-20-11-19-4-2-3-5-23(19)28(20)26(22)30)12-25(24)34-15-17-8-16(14-27)9-21(10-17)29(31)32;1-22-16-7-12-13(8-15(16)20)18-9-11-6-10-4-2-3-5-14(10)19(11)17(12)21/h3-10,15-18,21-24,33,35H,11-14,19-20,25H2,1-2H3;2-5,8-10,12-13,20H,6-7,11,14-15H2,1H3;2-5,7-9,11,20H,6H2,1H3/t33-,35+;20-;11-/m110/s1. The number of anilines is 4. The van der Waals surface area contributed by atoms with Gasteiger partial charge in [0.15, 0.2) is 34.5 Å². The number of carbonyl (C=O) groups is 4. The van der Waals surface area contributed by atoms with Crippen molar-refractivity contribution in [3.63, 3.8) is 0 Å². The molecule has 110 heavy (non-hydrogen) atoms. The van der Waals surface area contributed by atoms with Gasteiger partial charge in [0.25, 0.3) is 35.0 Å². The number of methoxy groups -OCH3 is 3. The van der Waals surface area contributed by atoms with Crippen molar-refractivity contribution in [3.05, 3.63) is 291 Å². The van der Waals surface area contributed by atoms with Crippen LogP contribution in [0.5, 0.6) is 34.5 Å². The molecule has 4 amide bonds. The number of benzene rings is 10. The van der Waals surface area contributed by atoms with Gasteiger partial charge in [0.05, 0.1) is 65.8 Å². The number of aromatic hydroxyl groups is 1. The Morgan fingerprint density at radius 3 is 1.31 bits per heavy atom. The smallest absolute Gasteiger partial charge is 0.270 e. The highest BCUT2D eigenvalue weighted by Gasteiger charge is 2.42. The number of halogens is 1. The molecular weight excluding hydrogens is 1420 g/mol. The van der Waals surface area contributed by atoms with E-state index in [1.165, 1.54) is 49.6 Å². The van der Waals surface area contributed by atoms with Crippen LogP contribution in [-0.4, -0.2) is 96.5 Å². The van der Waals surface area contributed by atoms with Crippen molar-refractivity contribution in [3.8, 4) is 34.5 Å². The summed E-state index contributed by atoms with van der Waals surface area (Å²) in [4.78, 5) is 93.3. The molecule has 0 spiro atoms. The minimum absolute atomic E-state index is 0.0128. The minimum atomic E-state index is -0.446. The third-order valence-electron chi connectivity index (χ3n) is 21.9. The van der Waals surface area contributed by atoms with Gasteiger partial charge >= 0.3 is 0 Å². The Kier molecular flexibility index (Phi) is 19.4. The van der Waals surface area contributed by atoms with E-state index in [1.807, 2.05) is 137 Å². The summed E-state index contributed by atoms with van der Waals surface area (Å²) in [6.07, 6.45) is 11.1. The third kappa shape index (κ3) is 13.5. The van der Waals surface area contributed by atoms with Gasteiger partial charge in [-0.25, -0.2) is 0 Å². The second kappa shape index (κ2) is 29.8. The molecule has 0 unspecified atom stereocenters. The molecule has 0 radical (unpaired) electrons. The van der Waals surface area contributed by atoms with E-state index in [0.29, 0.717) is 92.6 Å². The lowest BCUT2D eigenvalue weighted by Gasteiger charge is -2.23. The van der Waals surface area contributed by atoms with Gasteiger partial charge in [0, 0.05) is 107 Å². The quantitative estimate of drug-likeness (QED) is 0.0569. The Morgan fingerprint density at radius 1 is 0.445 bits per heavy atom. The molecule has 10 aromatic carbocycles. The number of nitro groups is 2. The lowest BCUT2D eigenvalue weighted by molar-refractivity contribution is -0.385. The van der Waals surface area contributed by atoms with Crippen molar-refractivity contribution in [1.82, 2.24) is 0 Å². The summed E-state index contributed by atoms with van der Waals surface area (Å²) in [6, 6.07) is 56.0. The maximum atomic E-state index is 13.9. The SMILES string of the molecule is COc1cc2c(cc1O)N=C[C@@H]1Cc3ccccc3N1C2=O.COc1cc2c(cc1OCc1cc(CCc3cc4c(cc3C)C(=O)N3c5ccccc5C[C@H]3C=N4)cc([N+](=O)[O-])c1)CC[C@@H]1Cc3ccccc3N1C2=O.COc1cc2c(cc1OCc1cc(CCl)cc([N+](=O)[O-])c1)CC[C@@H]1Cc3ccccc3N1C2=O. The van der Waals surface area contributed by atoms with Crippen LogP contribution in [0, 0.1) is 27.2 Å². The maximum absolute atomic E-state index is 13.9. The number of aryl methyl sites for hydroxylation is 5. The fourth-order valence-electron chi connectivity index (χ4n) is 16.5. The molecule has 23 heteroatoms. The van der Waals surface area contributed by atoms with E-state index in [9.17, 15) is 44.5 Å². The van der Waals surface area contributed by atoms with Crippen molar-refractivity contribution < 1.29 is 57.8 Å². The molecule has 0 bridgehead atoms. The number of carbonyl (C=O) groups excluding carboxylic acids is 4. The second-order valence-corrected chi connectivity index (χ2v) is 28.8. The second-order valence-electron chi connectivity index (χ2n) is 28.5. The zero-order valence-corrected chi connectivity index (χ0v) is 61.4. The van der Waals surface area contributed by atoms with Crippen molar-refractivity contribution in [2.45, 2.75) is 114 Å². The lowest BCUT2D eigenvalue weighted by atomic mass is 9.96. The summed E-state index contributed by atoms with van der Waals surface area (Å²) in [6.45, 7) is 2.18. The summed E-state index contributed by atoms with van der Waals surface area (Å²) in [5.41, 5.74) is 18.3. The molecule has 8 aliphatic rings. The molecule has 0 aromatic heterocycles. The number of ether oxygens (including phenoxy) is 5. The molecule has 8 aliphatic heterocycles. The molecule has 4 atom stereocenters. The van der Waals surface area contributed by atoms with Crippen LogP contribution < -0.4 is 43.3 Å². The first-order chi connectivity index (χ1) is 53.4. The lowest BCUT2D eigenvalue weighted by Crippen LogP contribution is -2.37. The largest absolute Gasteiger partial charge is 0.504 e. The summed E-state index contributed by atoms with van der Waals surface area (Å²) in [5, 5.41) is 33.2. The average molecular weight is 1490 g/mol. The van der Waals surface area contributed by atoms with Crippen LogP contribution in [0.4, 0.5) is 45.5 Å². The summed E-state index contributed by atoms with van der Waals surface area (Å²) in [5.74, 6) is 2.03. The van der Waals surface area contributed by atoms with E-state index < -0.39 is 4.92 Å². The highest BCUT2D eigenvalue weighted by Crippen LogP contribution is 2.46. The Labute approximate surface area is 638 Å². The van der Waals surface area contributed by atoms with Crippen molar-refractivity contribution in [2.24, 2.45) is 9.98 Å². The Morgan fingerprint density at radius 2 is 0.845 bits per heavy atom. The van der Waals surface area contributed by atoms with Gasteiger partial charge < -0.3 is 38.6 Å². The summed E-state index contributed by atoms with van der Waals surface area (Å²) in [7, 11) is 4.53. The van der Waals surface area contributed by atoms with Crippen LogP contribution in [-0.2, 0) is 70.5 Å². The molecule has 0 aliphatic carbocycles. The highest BCUT2D eigenvalue weighted by atomic mass is 35.5. The van der Waals surface area contributed by atoms with Gasteiger partial charge in [-0.2, -0.15) is 0 Å². The van der Waals surface area contributed by atoms with E-state index in [-0.39, 0.29) is 94.7 Å². The van der Waals surface area contributed by atoms with Crippen LogP contribution in [0.2, 0.25) is 0 Å². The van der Waals surface area contributed by atoms with Crippen molar-refractivity contribution in [2.75, 3.05) is 40.9 Å². The van der Waals surface area contributed by atoms with Crippen LogP contribution in [0.3, 0.4) is 0 Å². The topological polar surface area (TPSA) is 259 Å². The first-order valence-corrected chi connectivity index (χ1v) is 37.0. The van der Waals surface area contributed by atoms with E-state index in [2.05, 4.69) is 23.2 Å². The van der Waals surface area contributed by atoms with Gasteiger partial charge in [-0.05, 0) is 192 Å².